The fourth-order valence-corrected chi connectivity index (χ4v) is 3.30. The van der Waals surface area contributed by atoms with E-state index < -0.39 is 11.6 Å². The number of hydrogen-bond acceptors (Lipinski definition) is 4. The largest absolute Gasteiger partial charge is 0.281 e. The second-order valence-electron chi connectivity index (χ2n) is 6.56. The third-order valence-electron chi connectivity index (χ3n) is 4.65. The lowest BCUT2D eigenvalue weighted by Gasteiger charge is -2.07. The summed E-state index contributed by atoms with van der Waals surface area (Å²) in [5, 5.41) is 12.5. The first-order chi connectivity index (χ1) is 14.2. The van der Waals surface area contributed by atoms with Crippen LogP contribution in [0.4, 0.5) is 8.78 Å². The van der Waals surface area contributed by atoms with Crippen LogP contribution < -0.4 is 0 Å². The van der Waals surface area contributed by atoms with Crippen molar-refractivity contribution in [3.05, 3.63) is 65.2 Å². The van der Waals surface area contributed by atoms with E-state index in [1.165, 1.54) is 18.2 Å². The van der Waals surface area contributed by atoms with Crippen LogP contribution in [0.15, 0.2) is 47.5 Å². The van der Waals surface area contributed by atoms with Gasteiger partial charge >= 0.3 is 0 Å². The van der Waals surface area contributed by atoms with E-state index in [4.69, 9.17) is 0 Å². The molecule has 0 saturated heterocycles. The van der Waals surface area contributed by atoms with Crippen LogP contribution in [0.5, 0.6) is 0 Å². The fourth-order valence-electron chi connectivity index (χ4n) is 3.30. The average Bonchev–Trinajstić information content (AvgIpc) is 3.40. The number of tetrazole rings is 1. The summed E-state index contributed by atoms with van der Waals surface area (Å²) in [5.41, 5.74) is 2.37. The van der Waals surface area contributed by atoms with Crippen LogP contribution in [-0.4, -0.2) is 25.9 Å². The van der Waals surface area contributed by atoms with E-state index in [1.54, 1.807) is 4.80 Å². The van der Waals surface area contributed by atoms with E-state index in [-0.39, 0.29) is 11.6 Å². The Labute approximate surface area is 169 Å². The molecule has 0 saturated carbocycles. The van der Waals surface area contributed by atoms with Gasteiger partial charge in [0.15, 0.2) is 0 Å². The molecule has 2 heterocycles. The van der Waals surface area contributed by atoms with Gasteiger partial charge in [0.1, 0.15) is 11.6 Å². The Balaban J connectivity index is 0.00000117. The minimum Gasteiger partial charge on any atom is -0.281 e. The molecule has 1 aliphatic rings. The highest BCUT2D eigenvalue weighted by Gasteiger charge is 2.24. The molecule has 3 aromatic rings. The molecule has 2 aromatic carbocycles. The SMILES string of the molecule is CC.CCCn1nnc(-c2ccc(C3CCC(c4c(F)cccc4F)=N3)cc2)n1. The van der Waals surface area contributed by atoms with Gasteiger partial charge in [-0.25, -0.2) is 8.78 Å². The Morgan fingerprint density at radius 2 is 1.72 bits per heavy atom. The van der Waals surface area contributed by atoms with Crippen LogP contribution in [0.2, 0.25) is 0 Å². The Morgan fingerprint density at radius 3 is 2.38 bits per heavy atom. The van der Waals surface area contributed by atoms with Gasteiger partial charge in [-0.3, -0.25) is 4.99 Å². The Hall–Kier alpha value is -2.96. The summed E-state index contributed by atoms with van der Waals surface area (Å²) >= 11 is 0. The lowest BCUT2D eigenvalue weighted by Crippen LogP contribution is -2.03. The van der Waals surface area contributed by atoms with Crippen LogP contribution >= 0.6 is 0 Å². The summed E-state index contributed by atoms with van der Waals surface area (Å²) in [7, 11) is 0. The highest BCUT2D eigenvalue weighted by Crippen LogP contribution is 2.33. The van der Waals surface area contributed by atoms with E-state index in [2.05, 4.69) is 27.3 Å². The van der Waals surface area contributed by atoms with Crippen molar-refractivity contribution < 1.29 is 8.78 Å². The van der Waals surface area contributed by atoms with E-state index in [1.807, 2.05) is 38.1 Å². The van der Waals surface area contributed by atoms with Crippen LogP contribution in [0.1, 0.15) is 57.2 Å². The Morgan fingerprint density at radius 1 is 1.03 bits per heavy atom. The molecule has 0 fully saturated rings. The van der Waals surface area contributed by atoms with Crippen molar-refractivity contribution in [3.8, 4) is 11.4 Å². The summed E-state index contributed by atoms with van der Waals surface area (Å²) in [6, 6.07) is 11.6. The predicted octanol–water partition coefficient (Wildman–Crippen LogP) is 5.38. The topological polar surface area (TPSA) is 56.0 Å². The number of nitrogens with zero attached hydrogens (tertiary/aromatic N) is 5. The van der Waals surface area contributed by atoms with Gasteiger partial charge in [0, 0.05) is 11.3 Å². The second kappa shape index (κ2) is 9.49. The molecule has 1 aromatic heterocycles. The third kappa shape index (κ3) is 4.55. The van der Waals surface area contributed by atoms with E-state index in [9.17, 15) is 8.78 Å². The summed E-state index contributed by atoms with van der Waals surface area (Å²) in [6.07, 6.45) is 2.23. The maximum atomic E-state index is 14.0. The highest BCUT2D eigenvalue weighted by atomic mass is 19.1. The third-order valence-corrected chi connectivity index (χ3v) is 4.65. The van der Waals surface area contributed by atoms with Crippen molar-refractivity contribution >= 4 is 5.71 Å². The predicted molar refractivity (Wildman–Crippen MR) is 110 cm³/mol. The number of hydrogen-bond donors (Lipinski definition) is 0. The molecule has 5 nitrogen and oxygen atoms in total. The van der Waals surface area contributed by atoms with Crippen molar-refractivity contribution in [2.75, 3.05) is 0 Å². The highest BCUT2D eigenvalue weighted by molar-refractivity contribution is 6.02. The standard InChI is InChI=1S/C20H19F2N5.C2H6/c1-2-12-27-25-20(24-26-27)14-8-6-13(7-9-14)17-10-11-18(23-17)19-15(21)4-3-5-16(19)22;1-2/h3-9,17H,2,10-12H2,1H3;1-2H3. The van der Waals surface area contributed by atoms with Gasteiger partial charge in [0.25, 0.3) is 0 Å². The molecule has 152 valence electrons. The van der Waals surface area contributed by atoms with Crippen molar-refractivity contribution in [1.82, 2.24) is 20.2 Å². The van der Waals surface area contributed by atoms with Crippen LogP contribution in [0, 0.1) is 11.6 Å². The zero-order valence-electron chi connectivity index (χ0n) is 16.9. The lowest BCUT2D eigenvalue weighted by molar-refractivity contribution is 0.515. The summed E-state index contributed by atoms with van der Waals surface area (Å²) in [6.45, 7) is 6.79. The zero-order chi connectivity index (χ0) is 20.8. The minimum atomic E-state index is -0.564. The number of benzene rings is 2. The molecule has 7 heteroatoms. The smallest absolute Gasteiger partial charge is 0.204 e. The first kappa shape index (κ1) is 20.8. The molecule has 0 bridgehead atoms. The van der Waals surface area contributed by atoms with E-state index >= 15 is 0 Å². The van der Waals surface area contributed by atoms with Gasteiger partial charge in [-0.2, -0.15) is 4.80 Å². The van der Waals surface area contributed by atoms with Gasteiger partial charge in [-0.05, 0) is 42.2 Å². The molecule has 1 aliphatic heterocycles. The number of halogens is 2. The first-order valence-electron chi connectivity index (χ1n) is 10.0. The molecular formula is C22H25F2N5. The van der Waals surface area contributed by atoms with E-state index in [0.717, 1.165) is 30.5 Å². The van der Waals surface area contributed by atoms with Gasteiger partial charge in [0.05, 0.1) is 18.2 Å². The van der Waals surface area contributed by atoms with Gasteiger partial charge in [0.2, 0.25) is 5.82 Å². The number of rotatable bonds is 5. The van der Waals surface area contributed by atoms with Gasteiger partial charge in [-0.1, -0.05) is 51.1 Å². The second-order valence-corrected chi connectivity index (χ2v) is 6.56. The fraction of sp³-hybridized carbons (Fsp3) is 0.364. The molecule has 0 spiro atoms. The quantitative estimate of drug-likeness (QED) is 0.581. The van der Waals surface area contributed by atoms with Crippen molar-refractivity contribution in [2.45, 2.75) is 52.6 Å². The van der Waals surface area contributed by atoms with Crippen LogP contribution in [0.3, 0.4) is 0 Å². The van der Waals surface area contributed by atoms with Crippen LogP contribution in [-0.2, 0) is 6.54 Å². The summed E-state index contributed by atoms with van der Waals surface area (Å²) < 4.78 is 28.0. The Kier molecular flexibility index (Phi) is 6.80. The van der Waals surface area contributed by atoms with E-state index in [0.29, 0.717) is 18.0 Å². The van der Waals surface area contributed by atoms with Crippen LogP contribution in [0.25, 0.3) is 11.4 Å². The zero-order valence-corrected chi connectivity index (χ0v) is 16.9. The minimum absolute atomic E-state index is 0.00615. The molecular weight excluding hydrogens is 372 g/mol. The Bertz CT molecular complexity index is 959. The van der Waals surface area contributed by atoms with Gasteiger partial charge in [-0.15, -0.1) is 10.2 Å². The summed E-state index contributed by atoms with van der Waals surface area (Å²) in [5.74, 6) is -0.545. The monoisotopic (exact) mass is 397 g/mol. The maximum Gasteiger partial charge on any atom is 0.204 e. The number of aromatic nitrogens is 4. The molecule has 4 rings (SSSR count). The maximum absolute atomic E-state index is 14.0. The average molecular weight is 397 g/mol. The van der Waals surface area contributed by atoms with Crippen molar-refractivity contribution in [1.29, 1.82) is 0 Å². The molecule has 0 amide bonds. The normalized spacial score (nSPS) is 15.6. The summed E-state index contributed by atoms with van der Waals surface area (Å²) in [4.78, 5) is 6.15. The lowest BCUT2D eigenvalue weighted by atomic mass is 10.0. The first-order valence-corrected chi connectivity index (χ1v) is 10.0. The number of aryl methyl sites for hydroxylation is 1. The molecule has 0 aliphatic carbocycles. The van der Waals surface area contributed by atoms with Crippen molar-refractivity contribution in [3.63, 3.8) is 0 Å². The number of aliphatic imine (C=N–C) groups is 1. The molecule has 0 radical (unpaired) electrons. The van der Waals surface area contributed by atoms with Gasteiger partial charge < -0.3 is 0 Å². The van der Waals surface area contributed by atoms with Crippen molar-refractivity contribution in [2.24, 2.45) is 4.99 Å². The molecule has 1 unspecified atom stereocenters. The molecule has 1 atom stereocenters. The molecule has 0 N–H and O–H groups in total. The molecule has 29 heavy (non-hydrogen) atoms.